The minimum atomic E-state index is 0.819. The van der Waals surface area contributed by atoms with Gasteiger partial charge in [-0.3, -0.25) is 0 Å². The first-order valence-corrected chi connectivity index (χ1v) is 4.85. The van der Waals surface area contributed by atoms with Crippen LogP contribution in [0.25, 0.3) is 0 Å². The molecule has 3 heteroatoms. The molecule has 0 radical (unpaired) electrons. The van der Waals surface area contributed by atoms with Gasteiger partial charge in [-0.2, -0.15) is 0 Å². The molecule has 0 amide bonds. The maximum absolute atomic E-state index is 5.03. The number of hydrogen-bond acceptors (Lipinski definition) is 3. The van der Waals surface area contributed by atoms with Crippen molar-refractivity contribution < 1.29 is 0 Å². The largest absolute Gasteiger partial charge is 0.330 e. The first kappa shape index (κ1) is 17.8. The molecule has 0 rings (SSSR count). The molecule has 0 spiro atoms. The van der Waals surface area contributed by atoms with Gasteiger partial charge in [0.25, 0.3) is 0 Å². The van der Waals surface area contributed by atoms with Gasteiger partial charge in [0.2, 0.25) is 0 Å². The summed E-state index contributed by atoms with van der Waals surface area (Å²) in [5.74, 6) is 0. The average Bonchev–Trinajstić information content (AvgIpc) is 2.18. The van der Waals surface area contributed by atoms with E-state index in [0.717, 1.165) is 38.9 Å². The molecule has 0 aliphatic rings. The summed E-state index contributed by atoms with van der Waals surface area (Å²) in [5.41, 5.74) is 15.1. The van der Waals surface area contributed by atoms with Crippen LogP contribution in [0.4, 0.5) is 0 Å². The molecular formula is C9H27N3. The molecule has 0 fully saturated rings. The zero-order valence-corrected chi connectivity index (χ0v) is 8.97. The van der Waals surface area contributed by atoms with Crippen LogP contribution in [0.3, 0.4) is 0 Å². The topological polar surface area (TPSA) is 78.1 Å². The normalized spacial score (nSPS) is 7.50. The van der Waals surface area contributed by atoms with E-state index in [0.29, 0.717) is 0 Å². The Morgan fingerprint density at radius 2 is 0.667 bits per heavy atom. The fraction of sp³-hybridized carbons (Fsp3) is 1.00. The van der Waals surface area contributed by atoms with Crippen molar-refractivity contribution in [1.29, 1.82) is 0 Å². The van der Waals surface area contributed by atoms with Gasteiger partial charge >= 0.3 is 0 Å². The van der Waals surface area contributed by atoms with E-state index in [1.54, 1.807) is 0 Å². The van der Waals surface area contributed by atoms with E-state index in [9.17, 15) is 0 Å². The monoisotopic (exact) mass is 177 g/mol. The standard InChI is InChI=1S/3C3H9N/c3*1-2-3-4/h3*2-4H2,1H3. The van der Waals surface area contributed by atoms with Crippen LogP contribution in [-0.4, -0.2) is 19.6 Å². The SMILES string of the molecule is CCCN.CCCN.CCCN. The van der Waals surface area contributed by atoms with Gasteiger partial charge in [0, 0.05) is 0 Å². The molecule has 0 saturated heterocycles. The highest BCUT2D eigenvalue weighted by molar-refractivity contribution is 4.20. The molecule has 0 aromatic carbocycles. The van der Waals surface area contributed by atoms with E-state index in [-0.39, 0.29) is 0 Å². The van der Waals surface area contributed by atoms with Crippen molar-refractivity contribution >= 4 is 0 Å². The van der Waals surface area contributed by atoms with Crippen LogP contribution in [0.15, 0.2) is 0 Å². The quantitative estimate of drug-likeness (QED) is 0.603. The molecule has 0 aromatic heterocycles. The van der Waals surface area contributed by atoms with Gasteiger partial charge in [0.05, 0.1) is 0 Å². The summed E-state index contributed by atoms with van der Waals surface area (Å²) in [7, 11) is 0. The zero-order chi connectivity index (χ0) is 10.2. The molecule has 3 nitrogen and oxygen atoms in total. The van der Waals surface area contributed by atoms with E-state index in [1.165, 1.54) is 0 Å². The number of hydrogen-bond donors (Lipinski definition) is 3. The molecule has 12 heavy (non-hydrogen) atoms. The first-order chi connectivity index (χ1) is 5.74. The fourth-order valence-electron chi connectivity index (χ4n) is 0. The van der Waals surface area contributed by atoms with Crippen LogP contribution in [0.5, 0.6) is 0 Å². The second-order valence-electron chi connectivity index (χ2n) is 2.37. The lowest BCUT2D eigenvalue weighted by molar-refractivity contribution is 0.932. The third kappa shape index (κ3) is 93.9. The molecule has 6 N–H and O–H groups in total. The fourth-order valence-corrected chi connectivity index (χ4v) is 0. The van der Waals surface area contributed by atoms with Crippen LogP contribution in [0, 0.1) is 0 Å². The van der Waals surface area contributed by atoms with E-state index in [2.05, 4.69) is 20.8 Å². The number of nitrogens with two attached hydrogens (primary N) is 3. The maximum atomic E-state index is 5.03. The van der Waals surface area contributed by atoms with Crippen molar-refractivity contribution in [2.24, 2.45) is 17.2 Å². The van der Waals surface area contributed by atoms with Gasteiger partial charge in [-0.1, -0.05) is 20.8 Å². The minimum Gasteiger partial charge on any atom is -0.330 e. The highest BCUT2D eigenvalue weighted by Gasteiger charge is 1.56. The van der Waals surface area contributed by atoms with Crippen LogP contribution in [0.2, 0.25) is 0 Å². The Bertz CT molecular complexity index is 25.2. The average molecular weight is 177 g/mol. The third-order valence-electron chi connectivity index (χ3n) is 0.866. The van der Waals surface area contributed by atoms with E-state index >= 15 is 0 Å². The Kier molecular flexibility index (Phi) is 45.7. The van der Waals surface area contributed by atoms with Crippen molar-refractivity contribution in [1.82, 2.24) is 0 Å². The summed E-state index contributed by atoms with van der Waals surface area (Å²) in [6.07, 6.45) is 3.29. The van der Waals surface area contributed by atoms with E-state index in [4.69, 9.17) is 17.2 Å². The number of rotatable bonds is 3. The predicted octanol–water partition coefficient (Wildman–Crippen LogP) is 1.07. The molecular weight excluding hydrogens is 150 g/mol. The smallest absolute Gasteiger partial charge is 0.00799 e. The van der Waals surface area contributed by atoms with Gasteiger partial charge < -0.3 is 17.2 Å². The Morgan fingerprint density at radius 1 is 0.583 bits per heavy atom. The summed E-state index contributed by atoms with van der Waals surface area (Å²) in [4.78, 5) is 0. The third-order valence-corrected chi connectivity index (χ3v) is 0.866. The van der Waals surface area contributed by atoms with Gasteiger partial charge in [-0.25, -0.2) is 0 Å². The molecule has 0 atom stereocenters. The van der Waals surface area contributed by atoms with Gasteiger partial charge in [-0.15, -0.1) is 0 Å². The van der Waals surface area contributed by atoms with Gasteiger partial charge in [0.15, 0.2) is 0 Å². The van der Waals surface area contributed by atoms with Gasteiger partial charge in [-0.05, 0) is 38.9 Å². The van der Waals surface area contributed by atoms with E-state index in [1.807, 2.05) is 0 Å². The first-order valence-electron chi connectivity index (χ1n) is 4.85. The lowest BCUT2D eigenvalue weighted by Gasteiger charge is -1.70. The van der Waals surface area contributed by atoms with Crippen molar-refractivity contribution in [3.8, 4) is 0 Å². The second-order valence-corrected chi connectivity index (χ2v) is 2.37. The highest BCUT2D eigenvalue weighted by atomic mass is 14.5. The molecule has 0 saturated carbocycles. The molecule has 0 unspecified atom stereocenters. The molecule has 0 bridgehead atoms. The predicted molar refractivity (Wildman–Crippen MR) is 58.0 cm³/mol. The molecule has 0 aliphatic heterocycles. The molecule has 0 aromatic rings. The summed E-state index contributed by atoms with van der Waals surface area (Å²) in [6, 6.07) is 0. The Morgan fingerprint density at radius 3 is 0.667 bits per heavy atom. The van der Waals surface area contributed by atoms with Crippen molar-refractivity contribution in [2.75, 3.05) is 19.6 Å². The maximum Gasteiger partial charge on any atom is -0.00799 e. The van der Waals surface area contributed by atoms with Crippen LogP contribution in [0.1, 0.15) is 40.0 Å². The van der Waals surface area contributed by atoms with Crippen molar-refractivity contribution in [3.05, 3.63) is 0 Å². The van der Waals surface area contributed by atoms with Crippen LogP contribution in [-0.2, 0) is 0 Å². The molecule has 0 heterocycles. The Balaban J connectivity index is -0.000000101. The van der Waals surface area contributed by atoms with Crippen molar-refractivity contribution in [3.63, 3.8) is 0 Å². The van der Waals surface area contributed by atoms with Crippen LogP contribution < -0.4 is 17.2 Å². The summed E-state index contributed by atoms with van der Waals surface area (Å²) in [5, 5.41) is 0. The lowest BCUT2D eigenvalue weighted by Crippen LogP contribution is -1.93. The van der Waals surface area contributed by atoms with Crippen molar-refractivity contribution in [2.45, 2.75) is 40.0 Å². The highest BCUT2D eigenvalue weighted by Crippen LogP contribution is 1.58. The Hall–Kier alpha value is -0.120. The summed E-state index contributed by atoms with van der Waals surface area (Å²) < 4.78 is 0. The second kappa shape index (κ2) is 30.7. The van der Waals surface area contributed by atoms with Gasteiger partial charge in [0.1, 0.15) is 0 Å². The minimum absolute atomic E-state index is 0.819. The molecule has 78 valence electrons. The molecule has 0 aliphatic carbocycles. The summed E-state index contributed by atoms with van der Waals surface area (Å²) in [6.45, 7) is 8.62. The lowest BCUT2D eigenvalue weighted by atomic mass is 10.5. The van der Waals surface area contributed by atoms with E-state index < -0.39 is 0 Å². The summed E-state index contributed by atoms with van der Waals surface area (Å²) >= 11 is 0. The zero-order valence-electron chi connectivity index (χ0n) is 8.97. The van der Waals surface area contributed by atoms with Crippen LogP contribution >= 0.6 is 0 Å². The Labute approximate surface area is 77.7 Å².